The highest BCUT2D eigenvalue weighted by Crippen LogP contribution is 2.25. The maximum absolute atomic E-state index is 10.4. The predicted molar refractivity (Wildman–Crippen MR) is 48.6 cm³/mol. The van der Waals surface area contributed by atoms with E-state index in [1.807, 2.05) is 0 Å². The van der Waals surface area contributed by atoms with E-state index in [2.05, 4.69) is 5.32 Å². The molecular weight excluding hydrogens is 238 g/mol. The highest BCUT2D eigenvalue weighted by atomic mass is 35.5. The van der Waals surface area contributed by atoms with E-state index in [4.69, 9.17) is 42.5 Å². The Hall–Kier alpha value is -0.410. The van der Waals surface area contributed by atoms with Gasteiger partial charge in [-0.3, -0.25) is 0 Å². The van der Waals surface area contributed by atoms with E-state index >= 15 is 0 Å². The van der Waals surface area contributed by atoms with Crippen LogP contribution in [0.15, 0.2) is 0 Å². The van der Waals surface area contributed by atoms with Gasteiger partial charge in [-0.1, -0.05) is 0 Å². The molecule has 14 heavy (non-hydrogen) atoms. The van der Waals surface area contributed by atoms with Crippen LogP contribution < -0.4 is 17.0 Å². The Morgan fingerprint density at radius 3 is 2.00 bits per heavy atom. The molecule has 0 aromatic heterocycles. The summed E-state index contributed by atoms with van der Waals surface area (Å²) in [6, 6.07) is -0.546. The average Bonchev–Trinajstić information content (AvgIpc) is 1.96. The SMILES string of the molecule is NN(N)C(=O)NCCCl.O=P(O)(O)O. The number of carbonyl (C=O) groups excluding carboxylic acids is 1. The van der Waals surface area contributed by atoms with E-state index in [0.717, 1.165) is 0 Å². The highest BCUT2D eigenvalue weighted by molar-refractivity contribution is 7.45. The van der Waals surface area contributed by atoms with Crippen molar-refractivity contribution in [3.05, 3.63) is 0 Å². The molecule has 9 nitrogen and oxygen atoms in total. The number of alkyl halides is 1. The van der Waals surface area contributed by atoms with Crippen LogP contribution in [0.2, 0.25) is 0 Å². The number of urea groups is 1. The second-order valence-electron chi connectivity index (χ2n) is 1.84. The number of hydrazine groups is 2. The molecule has 0 aromatic carbocycles. The van der Waals surface area contributed by atoms with Crippen LogP contribution in [0.25, 0.3) is 0 Å². The van der Waals surface area contributed by atoms with E-state index in [1.54, 1.807) is 0 Å². The normalized spacial score (nSPS) is 9.86. The van der Waals surface area contributed by atoms with Crippen LogP contribution in [-0.2, 0) is 4.57 Å². The summed E-state index contributed by atoms with van der Waals surface area (Å²) >= 11 is 5.24. The van der Waals surface area contributed by atoms with Crippen LogP contribution in [0.5, 0.6) is 0 Å². The van der Waals surface area contributed by atoms with Crippen molar-refractivity contribution < 1.29 is 24.0 Å². The zero-order chi connectivity index (χ0) is 11.8. The van der Waals surface area contributed by atoms with Gasteiger partial charge < -0.3 is 20.0 Å². The molecule has 0 saturated heterocycles. The van der Waals surface area contributed by atoms with Crippen molar-refractivity contribution in [3.63, 3.8) is 0 Å². The summed E-state index contributed by atoms with van der Waals surface area (Å²) in [5, 5.41) is 2.80. The molecule has 0 aliphatic heterocycles. The Kier molecular flexibility index (Phi) is 9.10. The predicted octanol–water partition coefficient (Wildman–Crippen LogP) is -1.94. The Balaban J connectivity index is 0. The lowest BCUT2D eigenvalue weighted by atomic mass is 10.7. The van der Waals surface area contributed by atoms with Crippen LogP contribution in [0.1, 0.15) is 0 Å². The van der Waals surface area contributed by atoms with Crippen LogP contribution in [-0.4, -0.2) is 38.3 Å². The Bertz CT molecular complexity index is 199. The first-order chi connectivity index (χ1) is 6.18. The lowest BCUT2D eigenvalue weighted by Crippen LogP contribution is -2.49. The van der Waals surface area contributed by atoms with Crippen molar-refractivity contribution in [2.24, 2.45) is 11.7 Å². The van der Waals surface area contributed by atoms with E-state index in [9.17, 15) is 4.79 Å². The van der Waals surface area contributed by atoms with Crippen LogP contribution in [0, 0.1) is 0 Å². The second-order valence-corrected chi connectivity index (χ2v) is 3.25. The van der Waals surface area contributed by atoms with Gasteiger partial charge in [0.1, 0.15) is 0 Å². The average molecular weight is 251 g/mol. The monoisotopic (exact) mass is 250 g/mol. The Morgan fingerprint density at radius 1 is 1.43 bits per heavy atom. The topological polar surface area (TPSA) is 162 Å². The fraction of sp³-hybridized carbons (Fsp3) is 0.667. The minimum Gasteiger partial charge on any atom is -0.335 e. The number of nitrogens with two attached hydrogens (primary N) is 2. The van der Waals surface area contributed by atoms with Crippen LogP contribution >= 0.6 is 19.4 Å². The van der Waals surface area contributed by atoms with Crippen molar-refractivity contribution in [1.29, 1.82) is 0 Å². The minimum absolute atomic E-state index is 0.347. The summed E-state index contributed by atoms with van der Waals surface area (Å²) < 4.78 is 8.88. The van der Waals surface area contributed by atoms with Gasteiger partial charge >= 0.3 is 13.9 Å². The molecule has 0 radical (unpaired) electrons. The van der Waals surface area contributed by atoms with E-state index < -0.39 is 13.9 Å². The van der Waals surface area contributed by atoms with Crippen molar-refractivity contribution in [2.45, 2.75) is 0 Å². The van der Waals surface area contributed by atoms with Crippen LogP contribution in [0.3, 0.4) is 0 Å². The third kappa shape index (κ3) is 22.6. The maximum Gasteiger partial charge on any atom is 0.466 e. The summed E-state index contributed by atoms with van der Waals surface area (Å²) in [5.74, 6) is 10.0. The smallest absolute Gasteiger partial charge is 0.335 e. The molecule has 11 heteroatoms. The molecule has 86 valence electrons. The lowest BCUT2D eigenvalue weighted by molar-refractivity contribution is 0.201. The molecule has 0 aromatic rings. The van der Waals surface area contributed by atoms with Crippen molar-refractivity contribution in [3.8, 4) is 0 Å². The number of nitrogens with zero attached hydrogens (tertiary/aromatic N) is 1. The standard InChI is InChI=1S/C3H9ClN4O.H3O4P/c4-1-2-7-3(9)8(5)6;1-5(2,3)4/h1-2,5-6H2,(H,7,9);(H3,1,2,3,4). The minimum atomic E-state index is -4.64. The second kappa shape index (κ2) is 7.94. The number of hydrogen-bond acceptors (Lipinski definition) is 4. The first kappa shape index (κ1) is 16.0. The number of hydrogen-bond donors (Lipinski definition) is 6. The van der Waals surface area contributed by atoms with Gasteiger partial charge in [0.15, 0.2) is 0 Å². The number of amides is 2. The molecule has 0 rings (SSSR count). The summed E-state index contributed by atoms with van der Waals surface area (Å²) in [7, 11) is -4.64. The Labute approximate surface area is 84.8 Å². The van der Waals surface area contributed by atoms with Gasteiger partial charge in [-0.15, -0.1) is 11.6 Å². The number of nitrogens with one attached hydrogen (secondary N) is 1. The van der Waals surface area contributed by atoms with Gasteiger partial charge in [-0.05, 0) is 0 Å². The zero-order valence-corrected chi connectivity index (χ0v) is 8.65. The third-order valence-corrected chi connectivity index (χ3v) is 0.794. The summed E-state index contributed by atoms with van der Waals surface area (Å²) in [5.41, 5.74) is 0. The quantitative estimate of drug-likeness (QED) is 0.109. The molecule has 0 unspecified atom stereocenters. The Morgan fingerprint density at radius 2 is 1.79 bits per heavy atom. The molecule has 0 aliphatic carbocycles. The number of phosphoric acid groups is 1. The maximum atomic E-state index is 10.4. The van der Waals surface area contributed by atoms with Crippen molar-refractivity contribution >= 4 is 25.5 Å². The number of rotatable bonds is 2. The zero-order valence-electron chi connectivity index (χ0n) is 7.00. The van der Waals surface area contributed by atoms with Crippen LogP contribution in [0.4, 0.5) is 4.79 Å². The molecule has 0 spiro atoms. The molecule has 0 saturated carbocycles. The molecule has 0 aliphatic rings. The molecule has 0 bridgehead atoms. The fourth-order valence-electron chi connectivity index (χ4n) is 0.245. The molecular formula is C3H12ClN4O5P. The third-order valence-electron chi connectivity index (χ3n) is 0.605. The first-order valence-electron chi connectivity index (χ1n) is 3.10. The number of carbonyl (C=O) groups is 1. The number of halogens is 1. The summed E-state index contributed by atoms with van der Waals surface area (Å²) in [6.07, 6.45) is 0. The lowest BCUT2D eigenvalue weighted by Gasteiger charge is -2.08. The molecule has 2 amide bonds. The summed E-state index contributed by atoms with van der Waals surface area (Å²) in [6.45, 7) is 0.366. The van der Waals surface area contributed by atoms with Gasteiger partial charge in [0.05, 0.1) is 0 Å². The summed E-state index contributed by atoms with van der Waals surface area (Å²) in [4.78, 5) is 32.0. The highest BCUT2D eigenvalue weighted by Gasteiger charge is 2.00. The van der Waals surface area contributed by atoms with Gasteiger partial charge in [-0.2, -0.15) is 5.12 Å². The first-order valence-corrected chi connectivity index (χ1v) is 5.20. The molecule has 0 atom stereocenters. The van der Waals surface area contributed by atoms with E-state index in [0.29, 0.717) is 17.5 Å². The van der Waals surface area contributed by atoms with E-state index in [1.165, 1.54) is 0 Å². The fourth-order valence-corrected chi connectivity index (χ4v) is 0.340. The van der Waals surface area contributed by atoms with Crippen molar-refractivity contribution in [2.75, 3.05) is 12.4 Å². The largest absolute Gasteiger partial charge is 0.466 e. The van der Waals surface area contributed by atoms with Crippen molar-refractivity contribution in [1.82, 2.24) is 10.4 Å². The molecule has 0 heterocycles. The van der Waals surface area contributed by atoms with Gasteiger partial charge in [0, 0.05) is 12.4 Å². The molecule has 8 N–H and O–H groups in total. The van der Waals surface area contributed by atoms with Gasteiger partial charge in [-0.25, -0.2) is 21.0 Å². The van der Waals surface area contributed by atoms with Gasteiger partial charge in [0.2, 0.25) is 0 Å². The van der Waals surface area contributed by atoms with E-state index in [-0.39, 0.29) is 0 Å². The molecule has 0 fully saturated rings. The van der Waals surface area contributed by atoms with Gasteiger partial charge in [0.25, 0.3) is 0 Å².